The Kier molecular flexibility index (Phi) is 6.59. The molecule has 1 aliphatic rings. The van der Waals surface area contributed by atoms with Crippen LogP contribution in [0.3, 0.4) is 0 Å². The second-order valence-corrected chi connectivity index (χ2v) is 14.4. The van der Waals surface area contributed by atoms with E-state index in [0.29, 0.717) is 12.2 Å². The second kappa shape index (κ2) is 9.24. The summed E-state index contributed by atoms with van der Waals surface area (Å²) in [6, 6.07) is 26.6. The summed E-state index contributed by atoms with van der Waals surface area (Å²) in [5.41, 5.74) is 0.633. The summed E-state index contributed by atoms with van der Waals surface area (Å²) in [7, 11) is -2.62. The molecule has 0 spiro atoms. The van der Waals surface area contributed by atoms with E-state index < -0.39 is 8.32 Å². The smallest absolute Gasteiger partial charge is 0.319 e. The van der Waals surface area contributed by atoms with Gasteiger partial charge in [0.15, 0.2) is 0 Å². The molecule has 2 nitrogen and oxygen atoms in total. The Balaban J connectivity index is 1.70. The number of hydrogen-bond donors (Lipinski definition) is 0. The van der Waals surface area contributed by atoms with Gasteiger partial charge in [0.25, 0.3) is 0 Å². The maximum atomic E-state index is 14.5. The second-order valence-electron chi connectivity index (χ2n) is 9.23. The van der Waals surface area contributed by atoms with Crippen molar-refractivity contribution in [1.29, 1.82) is 0 Å². The van der Waals surface area contributed by atoms with Crippen molar-refractivity contribution in [3.63, 3.8) is 0 Å². The Hall–Kier alpha value is -2.37. The summed E-state index contributed by atoms with van der Waals surface area (Å²) in [5, 5.41) is 2.45. The number of rotatable bonds is 5. The predicted molar refractivity (Wildman–Crippen MR) is 138 cm³/mol. The normalized spacial score (nSPS) is 14.8. The molecule has 1 heterocycles. The van der Waals surface area contributed by atoms with Gasteiger partial charge < -0.3 is 9.33 Å². The van der Waals surface area contributed by atoms with Gasteiger partial charge in [0.2, 0.25) is 0 Å². The van der Waals surface area contributed by atoms with Crippen LogP contribution in [0.1, 0.15) is 27.2 Å². The van der Waals surface area contributed by atoms with E-state index in [1.54, 1.807) is 0 Å². The molecule has 0 aromatic heterocycles. The van der Waals surface area contributed by atoms with Crippen molar-refractivity contribution in [3.05, 3.63) is 101 Å². The van der Waals surface area contributed by atoms with Crippen molar-refractivity contribution in [2.45, 2.75) is 32.2 Å². The lowest BCUT2D eigenvalue weighted by atomic mass is 10.2. The molecule has 3 aromatic carbocycles. The summed E-state index contributed by atoms with van der Waals surface area (Å²) >= 11 is 3.34. The highest BCUT2D eigenvalue weighted by molar-refractivity contribution is 9.10. The van der Waals surface area contributed by atoms with Gasteiger partial charge in [0.1, 0.15) is 5.82 Å². The predicted octanol–water partition coefficient (Wildman–Crippen LogP) is 6.26. The fraction of sp³-hybridized carbons (Fsp3) is 0.259. The minimum Gasteiger partial charge on any atom is -0.537 e. The summed E-state index contributed by atoms with van der Waals surface area (Å²) in [4.78, 5) is 2.07. The van der Waals surface area contributed by atoms with Crippen molar-refractivity contribution in [1.82, 2.24) is 0 Å². The van der Waals surface area contributed by atoms with Gasteiger partial charge >= 0.3 is 8.32 Å². The average Bonchev–Trinajstić information content (AvgIpc) is 2.78. The minimum atomic E-state index is -2.62. The maximum Gasteiger partial charge on any atom is 0.319 e. The van der Waals surface area contributed by atoms with Gasteiger partial charge in [-0.25, -0.2) is 4.39 Å². The Morgan fingerprint density at radius 2 is 1.50 bits per heavy atom. The highest BCUT2D eigenvalue weighted by Crippen LogP contribution is 2.39. The zero-order chi connectivity index (χ0) is 22.8. The third-order valence-electron chi connectivity index (χ3n) is 6.12. The number of nitrogens with zero attached hydrogens (tertiary/aromatic N) is 1. The Morgan fingerprint density at radius 3 is 1.97 bits per heavy atom. The van der Waals surface area contributed by atoms with Crippen molar-refractivity contribution >= 4 is 40.3 Å². The van der Waals surface area contributed by atoms with Crippen molar-refractivity contribution in [3.8, 4) is 0 Å². The Morgan fingerprint density at radius 1 is 0.906 bits per heavy atom. The van der Waals surface area contributed by atoms with E-state index in [0.717, 1.165) is 23.2 Å². The largest absolute Gasteiger partial charge is 0.537 e. The first-order valence-corrected chi connectivity index (χ1v) is 13.7. The fourth-order valence-electron chi connectivity index (χ4n) is 4.55. The highest BCUT2D eigenvalue weighted by atomic mass is 79.9. The molecule has 0 unspecified atom stereocenters. The molecule has 0 radical (unpaired) electrons. The summed E-state index contributed by atoms with van der Waals surface area (Å²) in [6.07, 6.45) is 2.88. The van der Waals surface area contributed by atoms with E-state index in [1.807, 2.05) is 12.1 Å². The molecule has 4 rings (SSSR count). The molecule has 0 fully saturated rings. The molecular weight excluding hydrogens is 481 g/mol. The molecule has 0 saturated carbocycles. The topological polar surface area (TPSA) is 12.5 Å². The van der Waals surface area contributed by atoms with E-state index in [1.165, 1.54) is 16.4 Å². The van der Waals surface area contributed by atoms with Gasteiger partial charge in [-0.3, -0.25) is 0 Å². The molecule has 5 heteroatoms. The molecule has 0 N–H and O–H groups in total. The van der Waals surface area contributed by atoms with E-state index in [-0.39, 0.29) is 10.9 Å². The molecule has 0 aliphatic carbocycles. The molecule has 0 atom stereocenters. The van der Waals surface area contributed by atoms with E-state index in [2.05, 4.69) is 108 Å². The van der Waals surface area contributed by atoms with Crippen LogP contribution >= 0.6 is 15.9 Å². The lowest BCUT2D eigenvalue weighted by molar-refractivity contribution is 0.371. The average molecular weight is 511 g/mol. The van der Waals surface area contributed by atoms with Crippen LogP contribution in [0.5, 0.6) is 0 Å². The van der Waals surface area contributed by atoms with Crippen molar-refractivity contribution in [2.24, 2.45) is 0 Å². The van der Waals surface area contributed by atoms with E-state index in [9.17, 15) is 4.39 Å². The van der Waals surface area contributed by atoms with Crippen LogP contribution in [0.4, 0.5) is 10.1 Å². The third-order valence-corrected chi connectivity index (χ3v) is 11.6. The van der Waals surface area contributed by atoms with Crippen LogP contribution in [0, 0.1) is 5.82 Å². The van der Waals surface area contributed by atoms with Gasteiger partial charge in [-0.15, -0.1) is 0 Å². The summed E-state index contributed by atoms with van der Waals surface area (Å²) in [5.74, 6) is 0.803. The van der Waals surface area contributed by atoms with Crippen LogP contribution in [-0.4, -0.2) is 21.4 Å². The number of benzene rings is 3. The summed E-state index contributed by atoms with van der Waals surface area (Å²) < 4.78 is 22.4. The first-order valence-electron chi connectivity index (χ1n) is 11.0. The highest BCUT2D eigenvalue weighted by Gasteiger charge is 2.52. The van der Waals surface area contributed by atoms with Crippen LogP contribution in [-0.2, 0) is 4.43 Å². The van der Waals surface area contributed by atoms with Crippen LogP contribution in [0.2, 0.25) is 5.04 Å². The summed E-state index contributed by atoms with van der Waals surface area (Å²) in [6.45, 7) is 8.21. The molecule has 1 aliphatic heterocycles. The molecular formula is C27H29BrFNOSi. The zero-order valence-corrected chi connectivity index (χ0v) is 21.4. The van der Waals surface area contributed by atoms with Gasteiger partial charge in [0, 0.05) is 24.0 Å². The number of hydrogen-bond acceptors (Lipinski definition) is 2. The van der Waals surface area contributed by atoms with Crippen LogP contribution in [0.15, 0.2) is 95.2 Å². The van der Waals surface area contributed by atoms with Gasteiger partial charge in [-0.2, -0.15) is 0 Å². The van der Waals surface area contributed by atoms with Gasteiger partial charge in [0.05, 0.1) is 11.4 Å². The SMILES string of the molecule is CC(C)(C)[Si](OC1=CCN(c2ccc(Br)cc2F)CC1)(c1ccccc1)c1ccccc1. The van der Waals surface area contributed by atoms with E-state index in [4.69, 9.17) is 4.43 Å². The van der Waals surface area contributed by atoms with Gasteiger partial charge in [-0.05, 0) is 39.7 Å². The molecule has 0 amide bonds. The quantitative estimate of drug-likeness (QED) is 0.376. The first kappa shape index (κ1) is 22.8. The van der Waals surface area contributed by atoms with Crippen molar-refractivity contribution in [2.75, 3.05) is 18.0 Å². The lowest BCUT2D eigenvalue weighted by Crippen LogP contribution is -2.66. The minimum absolute atomic E-state index is 0.0779. The van der Waals surface area contributed by atoms with Crippen LogP contribution < -0.4 is 15.3 Å². The molecule has 0 saturated heterocycles. The Labute approximate surface area is 200 Å². The number of halogens is 2. The van der Waals surface area contributed by atoms with Gasteiger partial charge in [-0.1, -0.05) is 97.4 Å². The first-order chi connectivity index (χ1) is 15.3. The molecule has 166 valence electrons. The number of anilines is 1. The standard InChI is InChI=1S/C27H29BrFNOSi/c1-27(2,3)32(23-10-6-4-7-11-23,24-12-8-5-9-13-24)31-22-16-18-30(19-17-22)26-15-14-21(28)20-25(26)29/h4-16,20H,17-19H2,1-3H3. The van der Waals surface area contributed by atoms with Crippen LogP contribution in [0.25, 0.3) is 0 Å². The van der Waals surface area contributed by atoms with E-state index >= 15 is 0 Å². The monoisotopic (exact) mass is 509 g/mol. The molecule has 3 aromatic rings. The fourth-order valence-corrected chi connectivity index (χ4v) is 9.39. The molecule has 0 bridgehead atoms. The van der Waals surface area contributed by atoms with Crippen molar-refractivity contribution < 1.29 is 8.82 Å². The zero-order valence-electron chi connectivity index (χ0n) is 18.8. The molecule has 32 heavy (non-hydrogen) atoms. The lowest BCUT2D eigenvalue weighted by Gasteiger charge is -2.44. The maximum absolute atomic E-state index is 14.5. The Bertz CT molecular complexity index is 1060. The third kappa shape index (κ3) is 4.41.